The molecule has 1 saturated carbocycles. The molecule has 1 heterocycles. The predicted octanol–water partition coefficient (Wildman–Crippen LogP) is 1.97. The van der Waals surface area contributed by atoms with Crippen molar-refractivity contribution in [2.75, 3.05) is 12.3 Å². The van der Waals surface area contributed by atoms with Crippen LogP contribution in [0.2, 0.25) is 0 Å². The number of nitrogens with zero attached hydrogens (tertiary/aromatic N) is 2. The molecule has 0 aliphatic heterocycles. The molecule has 1 amide bonds. The Kier molecular flexibility index (Phi) is 3.89. The summed E-state index contributed by atoms with van der Waals surface area (Å²) >= 11 is 0. The van der Waals surface area contributed by atoms with Crippen LogP contribution in [0, 0.1) is 5.92 Å². The van der Waals surface area contributed by atoms with Crippen molar-refractivity contribution in [2.45, 2.75) is 45.6 Å². The van der Waals surface area contributed by atoms with Crippen LogP contribution in [0.25, 0.3) is 0 Å². The molecule has 1 aliphatic carbocycles. The lowest BCUT2D eigenvalue weighted by Gasteiger charge is -2.15. The molecule has 0 radical (unpaired) electrons. The molecule has 0 bridgehead atoms. The van der Waals surface area contributed by atoms with Crippen molar-refractivity contribution in [3.63, 3.8) is 0 Å². The quantitative estimate of drug-likeness (QED) is 0.858. The Balaban J connectivity index is 2.15. The number of rotatable bonds is 4. The van der Waals surface area contributed by atoms with Crippen molar-refractivity contribution < 1.29 is 4.79 Å². The van der Waals surface area contributed by atoms with Gasteiger partial charge in [-0.05, 0) is 18.8 Å². The highest BCUT2D eigenvalue weighted by atomic mass is 16.2. The van der Waals surface area contributed by atoms with Crippen molar-refractivity contribution in [3.05, 3.63) is 11.9 Å². The largest absolute Gasteiger partial charge is 0.396 e. The zero-order valence-electron chi connectivity index (χ0n) is 11.1. The van der Waals surface area contributed by atoms with E-state index in [0.717, 1.165) is 12.8 Å². The van der Waals surface area contributed by atoms with E-state index < -0.39 is 0 Å². The number of hydrogen-bond acceptors (Lipinski definition) is 3. The molecule has 1 aromatic rings. The van der Waals surface area contributed by atoms with Crippen molar-refractivity contribution in [1.29, 1.82) is 0 Å². The molecule has 3 N–H and O–H groups in total. The summed E-state index contributed by atoms with van der Waals surface area (Å²) in [5, 5.41) is 7.19. The molecule has 0 saturated heterocycles. The van der Waals surface area contributed by atoms with Gasteiger partial charge in [0.1, 0.15) is 5.69 Å². The van der Waals surface area contributed by atoms with Crippen molar-refractivity contribution in [2.24, 2.45) is 5.92 Å². The summed E-state index contributed by atoms with van der Waals surface area (Å²) in [7, 11) is 0. The van der Waals surface area contributed by atoms with Crippen LogP contribution in [0.4, 0.5) is 5.69 Å². The van der Waals surface area contributed by atoms with Crippen LogP contribution in [-0.2, 0) is 0 Å². The fourth-order valence-electron chi connectivity index (χ4n) is 2.42. The van der Waals surface area contributed by atoms with E-state index in [0.29, 0.717) is 29.9 Å². The molecule has 0 spiro atoms. The minimum absolute atomic E-state index is 0.106. The monoisotopic (exact) mass is 250 g/mol. The summed E-state index contributed by atoms with van der Waals surface area (Å²) in [5.74, 6) is 0.323. The highest BCUT2D eigenvalue weighted by molar-refractivity contribution is 5.97. The average Bonchev–Trinajstić information content (AvgIpc) is 2.94. The minimum Gasteiger partial charge on any atom is -0.396 e. The zero-order valence-corrected chi connectivity index (χ0v) is 11.1. The van der Waals surface area contributed by atoms with E-state index in [-0.39, 0.29) is 5.91 Å². The lowest BCUT2D eigenvalue weighted by atomic mass is 10.2. The van der Waals surface area contributed by atoms with Gasteiger partial charge in [-0.25, -0.2) is 0 Å². The molecule has 1 fully saturated rings. The lowest BCUT2D eigenvalue weighted by molar-refractivity contribution is 0.0936. The standard InChI is InChI=1S/C13H22N4O/c1-9(2)7-15-13(18)12-11(14)8-16-17(12)10-5-3-4-6-10/h8-10H,3-7,14H2,1-2H3,(H,15,18). The van der Waals surface area contributed by atoms with Gasteiger partial charge in [0.05, 0.1) is 17.9 Å². The number of hydrogen-bond donors (Lipinski definition) is 2. The average molecular weight is 250 g/mol. The van der Waals surface area contributed by atoms with Gasteiger partial charge in [-0.3, -0.25) is 9.48 Å². The van der Waals surface area contributed by atoms with Crippen LogP contribution >= 0.6 is 0 Å². The summed E-state index contributed by atoms with van der Waals surface area (Å²) < 4.78 is 1.82. The van der Waals surface area contributed by atoms with Gasteiger partial charge in [0.25, 0.3) is 5.91 Å². The molecule has 2 rings (SSSR count). The van der Waals surface area contributed by atoms with E-state index >= 15 is 0 Å². The first-order chi connectivity index (χ1) is 8.59. The van der Waals surface area contributed by atoms with E-state index in [1.165, 1.54) is 12.8 Å². The Morgan fingerprint density at radius 1 is 1.56 bits per heavy atom. The Hall–Kier alpha value is -1.52. The van der Waals surface area contributed by atoms with Gasteiger partial charge in [-0.15, -0.1) is 0 Å². The molecule has 5 heteroatoms. The van der Waals surface area contributed by atoms with Gasteiger partial charge in [0.15, 0.2) is 0 Å². The maximum absolute atomic E-state index is 12.2. The summed E-state index contributed by atoms with van der Waals surface area (Å²) in [5.41, 5.74) is 6.88. The molecule has 5 nitrogen and oxygen atoms in total. The highest BCUT2D eigenvalue weighted by Crippen LogP contribution is 2.31. The predicted molar refractivity (Wildman–Crippen MR) is 71.3 cm³/mol. The Morgan fingerprint density at radius 3 is 2.83 bits per heavy atom. The number of nitrogen functional groups attached to an aromatic ring is 1. The molecule has 0 aromatic carbocycles. The van der Waals surface area contributed by atoms with Gasteiger partial charge in [0, 0.05) is 6.54 Å². The summed E-state index contributed by atoms with van der Waals surface area (Å²) in [4.78, 5) is 12.2. The Labute approximate surface area is 108 Å². The fraction of sp³-hybridized carbons (Fsp3) is 0.692. The number of aromatic nitrogens is 2. The first-order valence-corrected chi connectivity index (χ1v) is 6.70. The summed E-state index contributed by atoms with van der Waals surface area (Å²) in [6.07, 6.45) is 6.18. The highest BCUT2D eigenvalue weighted by Gasteiger charge is 2.24. The van der Waals surface area contributed by atoms with Crippen molar-refractivity contribution >= 4 is 11.6 Å². The number of nitrogens with two attached hydrogens (primary N) is 1. The number of nitrogens with one attached hydrogen (secondary N) is 1. The second kappa shape index (κ2) is 5.42. The van der Waals surface area contributed by atoms with Crippen LogP contribution in [-0.4, -0.2) is 22.2 Å². The normalized spacial score (nSPS) is 16.4. The van der Waals surface area contributed by atoms with Gasteiger partial charge in [0.2, 0.25) is 0 Å². The number of carbonyl (C=O) groups is 1. The third-order valence-corrected chi connectivity index (χ3v) is 3.38. The fourth-order valence-corrected chi connectivity index (χ4v) is 2.42. The maximum Gasteiger partial charge on any atom is 0.271 e. The first-order valence-electron chi connectivity index (χ1n) is 6.70. The molecule has 100 valence electrons. The number of amides is 1. The molecular formula is C13H22N4O. The second-order valence-corrected chi connectivity index (χ2v) is 5.44. The van der Waals surface area contributed by atoms with Crippen LogP contribution in [0.3, 0.4) is 0 Å². The topological polar surface area (TPSA) is 72.9 Å². The van der Waals surface area contributed by atoms with Crippen LogP contribution in [0.15, 0.2) is 6.20 Å². The molecule has 1 aliphatic rings. The molecule has 18 heavy (non-hydrogen) atoms. The van der Waals surface area contributed by atoms with Gasteiger partial charge in [-0.1, -0.05) is 26.7 Å². The zero-order chi connectivity index (χ0) is 13.1. The van der Waals surface area contributed by atoms with E-state index in [4.69, 9.17) is 5.73 Å². The second-order valence-electron chi connectivity index (χ2n) is 5.44. The van der Waals surface area contributed by atoms with Crippen molar-refractivity contribution in [1.82, 2.24) is 15.1 Å². The molecule has 0 atom stereocenters. The third-order valence-electron chi connectivity index (χ3n) is 3.38. The van der Waals surface area contributed by atoms with E-state index in [9.17, 15) is 4.79 Å². The van der Waals surface area contributed by atoms with Crippen LogP contribution in [0.5, 0.6) is 0 Å². The van der Waals surface area contributed by atoms with Crippen LogP contribution in [0.1, 0.15) is 56.1 Å². The minimum atomic E-state index is -0.106. The maximum atomic E-state index is 12.2. The van der Waals surface area contributed by atoms with E-state index in [1.54, 1.807) is 6.20 Å². The third kappa shape index (κ3) is 2.66. The SMILES string of the molecule is CC(C)CNC(=O)c1c(N)cnn1C1CCCC1. The molecule has 1 aromatic heterocycles. The summed E-state index contributed by atoms with van der Waals surface area (Å²) in [6.45, 7) is 4.80. The lowest BCUT2D eigenvalue weighted by Crippen LogP contribution is -2.30. The Bertz CT molecular complexity index is 419. The Morgan fingerprint density at radius 2 is 2.22 bits per heavy atom. The number of carbonyl (C=O) groups excluding carboxylic acids is 1. The van der Waals surface area contributed by atoms with Gasteiger partial charge < -0.3 is 11.1 Å². The van der Waals surface area contributed by atoms with Crippen molar-refractivity contribution in [3.8, 4) is 0 Å². The van der Waals surface area contributed by atoms with E-state index in [1.807, 2.05) is 4.68 Å². The summed E-state index contributed by atoms with van der Waals surface area (Å²) in [6, 6.07) is 0.335. The van der Waals surface area contributed by atoms with E-state index in [2.05, 4.69) is 24.3 Å². The first kappa shape index (κ1) is 12.9. The molecular weight excluding hydrogens is 228 g/mol. The molecule has 0 unspecified atom stereocenters. The van der Waals surface area contributed by atoms with Gasteiger partial charge >= 0.3 is 0 Å². The number of anilines is 1. The smallest absolute Gasteiger partial charge is 0.271 e. The van der Waals surface area contributed by atoms with Gasteiger partial charge in [-0.2, -0.15) is 5.10 Å². The van der Waals surface area contributed by atoms with Crippen LogP contribution < -0.4 is 11.1 Å².